The SMILES string of the molecule is C=Cc1c(C)c(C)cn1C(=C)C(=O)OCC. The van der Waals surface area contributed by atoms with E-state index in [0.29, 0.717) is 12.3 Å². The first-order valence-corrected chi connectivity index (χ1v) is 5.20. The van der Waals surface area contributed by atoms with Crippen molar-refractivity contribution in [3.05, 3.63) is 36.2 Å². The summed E-state index contributed by atoms with van der Waals surface area (Å²) in [7, 11) is 0. The highest BCUT2D eigenvalue weighted by atomic mass is 16.5. The molecule has 0 saturated heterocycles. The van der Waals surface area contributed by atoms with Crippen LogP contribution < -0.4 is 0 Å². The average molecular weight is 219 g/mol. The van der Waals surface area contributed by atoms with Crippen molar-refractivity contribution in [3.63, 3.8) is 0 Å². The number of hydrogen-bond acceptors (Lipinski definition) is 2. The lowest BCUT2D eigenvalue weighted by molar-refractivity contribution is -0.136. The molecule has 1 rings (SSSR count). The van der Waals surface area contributed by atoms with Gasteiger partial charge in [-0.05, 0) is 38.0 Å². The van der Waals surface area contributed by atoms with Gasteiger partial charge in [-0.2, -0.15) is 0 Å². The third kappa shape index (κ3) is 2.08. The molecule has 0 aromatic carbocycles. The largest absolute Gasteiger partial charge is 0.461 e. The molecule has 0 saturated carbocycles. The minimum Gasteiger partial charge on any atom is -0.461 e. The molecule has 0 aliphatic rings. The van der Waals surface area contributed by atoms with E-state index in [4.69, 9.17) is 4.74 Å². The summed E-state index contributed by atoms with van der Waals surface area (Å²) in [4.78, 5) is 11.6. The van der Waals surface area contributed by atoms with Crippen LogP contribution in [0.4, 0.5) is 0 Å². The zero-order chi connectivity index (χ0) is 12.3. The number of esters is 1. The van der Waals surface area contributed by atoms with Crippen LogP contribution in [0.3, 0.4) is 0 Å². The van der Waals surface area contributed by atoms with Crippen LogP contribution in [0, 0.1) is 13.8 Å². The van der Waals surface area contributed by atoms with Gasteiger partial charge in [-0.25, -0.2) is 4.79 Å². The molecule has 0 aliphatic heterocycles. The maximum absolute atomic E-state index is 11.6. The fourth-order valence-electron chi connectivity index (χ4n) is 1.53. The summed E-state index contributed by atoms with van der Waals surface area (Å²) in [5, 5.41) is 0. The van der Waals surface area contributed by atoms with Crippen LogP contribution in [0.2, 0.25) is 0 Å². The van der Waals surface area contributed by atoms with Gasteiger partial charge in [0, 0.05) is 11.9 Å². The van der Waals surface area contributed by atoms with Crippen LogP contribution in [-0.2, 0) is 9.53 Å². The lowest BCUT2D eigenvalue weighted by Gasteiger charge is -2.09. The molecule has 3 nitrogen and oxygen atoms in total. The van der Waals surface area contributed by atoms with Crippen LogP contribution in [-0.4, -0.2) is 17.1 Å². The summed E-state index contributed by atoms with van der Waals surface area (Å²) in [6.45, 7) is 13.6. The number of carbonyl (C=O) groups is 1. The highest BCUT2D eigenvalue weighted by Gasteiger charge is 2.15. The number of rotatable bonds is 4. The molecular weight excluding hydrogens is 202 g/mol. The summed E-state index contributed by atoms with van der Waals surface area (Å²) >= 11 is 0. The van der Waals surface area contributed by atoms with Gasteiger partial charge in [0.05, 0.1) is 6.61 Å². The lowest BCUT2D eigenvalue weighted by atomic mass is 10.2. The van der Waals surface area contributed by atoms with Crippen molar-refractivity contribution in [2.75, 3.05) is 6.61 Å². The van der Waals surface area contributed by atoms with E-state index >= 15 is 0 Å². The number of aromatic nitrogens is 1. The van der Waals surface area contributed by atoms with Gasteiger partial charge in [0.25, 0.3) is 0 Å². The molecule has 0 aliphatic carbocycles. The van der Waals surface area contributed by atoms with Gasteiger partial charge in [0.1, 0.15) is 5.70 Å². The second kappa shape index (κ2) is 4.84. The zero-order valence-electron chi connectivity index (χ0n) is 10.0. The number of carbonyl (C=O) groups excluding carboxylic acids is 1. The molecule has 0 atom stereocenters. The van der Waals surface area contributed by atoms with Crippen LogP contribution in [0.25, 0.3) is 11.8 Å². The van der Waals surface area contributed by atoms with Crippen molar-refractivity contribution in [1.82, 2.24) is 4.57 Å². The molecule has 0 N–H and O–H groups in total. The molecule has 0 radical (unpaired) electrons. The van der Waals surface area contributed by atoms with Crippen molar-refractivity contribution in [2.24, 2.45) is 0 Å². The molecule has 3 heteroatoms. The minimum absolute atomic E-state index is 0.313. The monoisotopic (exact) mass is 219 g/mol. The van der Waals surface area contributed by atoms with E-state index in [-0.39, 0.29) is 0 Å². The van der Waals surface area contributed by atoms with E-state index in [1.165, 1.54) is 0 Å². The molecule has 0 bridgehead atoms. The maximum atomic E-state index is 11.6. The highest BCUT2D eigenvalue weighted by Crippen LogP contribution is 2.20. The standard InChI is InChI=1S/C13H17NO2/c1-6-12-10(4)9(3)8-14(12)11(5)13(15)16-7-2/h6,8H,1,5,7H2,2-4H3. The second-order valence-corrected chi connectivity index (χ2v) is 3.56. The third-order valence-electron chi connectivity index (χ3n) is 2.55. The quantitative estimate of drug-likeness (QED) is 0.576. The summed E-state index contributed by atoms with van der Waals surface area (Å²) < 4.78 is 6.63. The minimum atomic E-state index is -0.402. The summed E-state index contributed by atoms with van der Waals surface area (Å²) in [5.74, 6) is -0.402. The topological polar surface area (TPSA) is 31.2 Å². The van der Waals surface area contributed by atoms with Crippen molar-refractivity contribution < 1.29 is 9.53 Å². The molecule has 0 fully saturated rings. The van der Waals surface area contributed by atoms with E-state index < -0.39 is 5.97 Å². The van der Waals surface area contributed by atoms with Gasteiger partial charge in [-0.3, -0.25) is 0 Å². The fraction of sp³-hybridized carbons (Fsp3) is 0.308. The Morgan fingerprint density at radius 1 is 1.56 bits per heavy atom. The Morgan fingerprint density at radius 3 is 2.69 bits per heavy atom. The zero-order valence-corrected chi connectivity index (χ0v) is 10.0. The molecular formula is C13H17NO2. The molecule has 1 heterocycles. The molecule has 0 spiro atoms. The van der Waals surface area contributed by atoms with Crippen molar-refractivity contribution >= 4 is 17.7 Å². The van der Waals surface area contributed by atoms with Crippen molar-refractivity contribution in [1.29, 1.82) is 0 Å². The van der Waals surface area contributed by atoms with Gasteiger partial charge < -0.3 is 9.30 Å². The number of nitrogens with zero attached hydrogens (tertiary/aromatic N) is 1. The molecule has 1 aromatic heterocycles. The molecule has 86 valence electrons. The Bertz CT molecular complexity index is 441. The van der Waals surface area contributed by atoms with Crippen molar-refractivity contribution in [3.8, 4) is 0 Å². The first-order valence-electron chi connectivity index (χ1n) is 5.20. The lowest BCUT2D eigenvalue weighted by Crippen LogP contribution is -2.11. The van der Waals surface area contributed by atoms with Crippen molar-refractivity contribution in [2.45, 2.75) is 20.8 Å². The average Bonchev–Trinajstić information content (AvgIpc) is 2.54. The van der Waals surface area contributed by atoms with Crippen LogP contribution in [0.5, 0.6) is 0 Å². The van der Waals surface area contributed by atoms with E-state index in [0.717, 1.165) is 16.8 Å². The van der Waals surface area contributed by atoms with Gasteiger partial charge in [0.2, 0.25) is 0 Å². The Morgan fingerprint density at radius 2 is 2.19 bits per heavy atom. The number of ether oxygens (including phenoxy) is 1. The number of aryl methyl sites for hydroxylation is 1. The second-order valence-electron chi connectivity index (χ2n) is 3.56. The Balaban J connectivity index is 3.13. The summed E-state index contributed by atoms with van der Waals surface area (Å²) in [5.41, 5.74) is 3.39. The summed E-state index contributed by atoms with van der Waals surface area (Å²) in [6, 6.07) is 0. The smallest absolute Gasteiger partial charge is 0.354 e. The summed E-state index contributed by atoms with van der Waals surface area (Å²) in [6.07, 6.45) is 3.58. The predicted octanol–water partition coefficient (Wildman–Crippen LogP) is 2.78. The van der Waals surface area contributed by atoms with Gasteiger partial charge in [-0.1, -0.05) is 13.2 Å². The van der Waals surface area contributed by atoms with Gasteiger partial charge >= 0.3 is 5.97 Å². The van der Waals surface area contributed by atoms with Crippen LogP contribution in [0.1, 0.15) is 23.7 Å². The van der Waals surface area contributed by atoms with E-state index in [1.807, 2.05) is 20.0 Å². The first-order chi connectivity index (χ1) is 7.52. The maximum Gasteiger partial charge on any atom is 0.354 e. The Labute approximate surface area is 96.0 Å². The highest BCUT2D eigenvalue weighted by molar-refractivity contribution is 6.09. The molecule has 1 aromatic rings. The van der Waals surface area contributed by atoms with Crippen LogP contribution in [0.15, 0.2) is 19.4 Å². The molecule has 0 unspecified atom stereocenters. The first kappa shape index (κ1) is 12.3. The van der Waals surface area contributed by atoms with E-state index in [1.54, 1.807) is 17.6 Å². The third-order valence-corrected chi connectivity index (χ3v) is 2.55. The number of hydrogen-bond donors (Lipinski definition) is 0. The Kier molecular flexibility index (Phi) is 3.72. The fourth-order valence-corrected chi connectivity index (χ4v) is 1.53. The normalized spacial score (nSPS) is 9.94. The van der Waals surface area contributed by atoms with Crippen LogP contribution >= 0.6 is 0 Å². The molecule has 0 amide bonds. The van der Waals surface area contributed by atoms with Gasteiger partial charge in [0.15, 0.2) is 0 Å². The Hall–Kier alpha value is -1.77. The molecule has 16 heavy (non-hydrogen) atoms. The van der Waals surface area contributed by atoms with E-state index in [9.17, 15) is 4.79 Å². The van der Waals surface area contributed by atoms with E-state index in [2.05, 4.69) is 13.2 Å². The van der Waals surface area contributed by atoms with Gasteiger partial charge in [-0.15, -0.1) is 0 Å². The predicted molar refractivity (Wildman–Crippen MR) is 66.0 cm³/mol.